The van der Waals surface area contributed by atoms with Crippen molar-refractivity contribution in [2.45, 2.75) is 57.4 Å². The predicted octanol–water partition coefficient (Wildman–Crippen LogP) is 2.94. The van der Waals surface area contributed by atoms with Gasteiger partial charge in [0.15, 0.2) is 36.1 Å². The minimum absolute atomic E-state index is 0.0599. The van der Waals surface area contributed by atoms with Crippen LogP contribution in [0, 0.1) is 11.8 Å². The number of hydrogen-bond acceptors (Lipinski definition) is 11. The van der Waals surface area contributed by atoms with Crippen molar-refractivity contribution in [2.24, 2.45) is 11.8 Å². The summed E-state index contributed by atoms with van der Waals surface area (Å²) in [6, 6.07) is 4.75. The van der Waals surface area contributed by atoms with Gasteiger partial charge in [-0.3, -0.25) is 14.9 Å². The van der Waals surface area contributed by atoms with Gasteiger partial charge in [0.25, 0.3) is 0 Å². The molecule has 0 aliphatic carbocycles. The number of fused-ring (bicyclic) bond motifs is 1. The van der Waals surface area contributed by atoms with Gasteiger partial charge in [-0.25, -0.2) is 4.79 Å². The summed E-state index contributed by atoms with van der Waals surface area (Å²) in [6.45, 7) is 9.98. The molecule has 2 aliphatic heterocycles. The minimum Gasteiger partial charge on any atom is -0.454 e. The molecule has 2 aliphatic rings. The smallest absolute Gasteiger partial charge is 0.412 e. The molecule has 7 atom stereocenters. The van der Waals surface area contributed by atoms with E-state index in [0.29, 0.717) is 30.0 Å². The zero-order valence-electron chi connectivity index (χ0n) is 22.2. The van der Waals surface area contributed by atoms with Crippen LogP contribution in [-0.2, 0) is 33.3 Å². The highest BCUT2D eigenvalue weighted by Gasteiger charge is 2.53. The first-order chi connectivity index (χ1) is 18.7. The first-order valence-corrected chi connectivity index (χ1v) is 12.5. The van der Waals surface area contributed by atoms with Gasteiger partial charge in [-0.05, 0) is 25.0 Å². The summed E-state index contributed by atoms with van der Waals surface area (Å²) in [6.07, 6.45) is -3.63. The van der Waals surface area contributed by atoms with Gasteiger partial charge >= 0.3 is 18.0 Å². The molecule has 1 aromatic carbocycles. The molecule has 0 spiro atoms. The second-order valence-corrected chi connectivity index (χ2v) is 9.18. The number of carbonyl (C=O) groups excluding carboxylic acids is 3. The van der Waals surface area contributed by atoms with Crippen LogP contribution in [0.15, 0.2) is 43.5 Å². The summed E-state index contributed by atoms with van der Waals surface area (Å²) in [5.41, 5.74) is 0.339. The number of aliphatic hydroxyl groups is 1. The summed E-state index contributed by atoms with van der Waals surface area (Å²) in [4.78, 5) is 38.7. The summed E-state index contributed by atoms with van der Waals surface area (Å²) >= 11 is 0. The maximum Gasteiger partial charge on any atom is 0.412 e. The number of rotatable bonds is 12. The van der Waals surface area contributed by atoms with Crippen molar-refractivity contribution < 1.29 is 52.6 Å². The maximum absolute atomic E-state index is 12.9. The molecule has 1 fully saturated rings. The Kier molecular flexibility index (Phi) is 10.7. The molecule has 214 valence electrons. The molecule has 0 aromatic heterocycles. The molecule has 1 amide bonds. The third kappa shape index (κ3) is 7.49. The van der Waals surface area contributed by atoms with Crippen molar-refractivity contribution in [3.63, 3.8) is 0 Å². The van der Waals surface area contributed by atoms with E-state index in [-0.39, 0.29) is 6.79 Å². The highest BCUT2D eigenvalue weighted by atomic mass is 16.7. The highest BCUT2D eigenvalue weighted by molar-refractivity contribution is 5.85. The zero-order chi connectivity index (χ0) is 28.5. The Balaban J connectivity index is 1.88. The molecule has 0 bridgehead atoms. The van der Waals surface area contributed by atoms with Gasteiger partial charge in [0.1, 0.15) is 6.10 Å². The SMILES string of the molecule is C=CC[C@@H](C)C(=O)O[C@@H]1[C@@H](OC(=O)[C@H](C)CC=C)[C@@H](OC)O[C@H](CO)[C@H]1OC(=O)Nc1ccc2c(c1)OCO2. The van der Waals surface area contributed by atoms with Gasteiger partial charge in [-0.15, -0.1) is 13.2 Å². The van der Waals surface area contributed by atoms with Gasteiger partial charge in [0, 0.05) is 18.9 Å². The lowest BCUT2D eigenvalue weighted by molar-refractivity contribution is -0.300. The van der Waals surface area contributed by atoms with Crippen molar-refractivity contribution >= 4 is 23.7 Å². The number of anilines is 1. The van der Waals surface area contributed by atoms with E-state index < -0.39 is 67.2 Å². The fourth-order valence-corrected chi connectivity index (χ4v) is 4.06. The average molecular weight is 550 g/mol. The number of aliphatic hydroxyl groups excluding tert-OH is 1. The fraction of sp³-hybridized carbons (Fsp3) is 0.519. The Morgan fingerprint density at radius 2 is 1.62 bits per heavy atom. The van der Waals surface area contributed by atoms with Crippen LogP contribution >= 0.6 is 0 Å². The number of benzene rings is 1. The number of allylic oxidation sites excluding steroid dienone is 2. The second-order valence-electron chi connectivity index (χ2n) is 9.18. The Labute approximate surface area is 226 Å². The number of esters is 2. The number of hydrogen-bond donors (Lipinski definition) is 2. The van der Waals surface area contributed by atoms with Crippen molar-refractivity contribution in [3.05, 3.63) is 43.5 Å². The van der Waals surface area contributed by atoms with Gasteiger partial charge in [-0.2, -0.15) is 0 Å². The van der Waals surface area contributed by atoms with Gasteiger partial charge < -0.3 is 38.3 Å². The van der Waals surface area contributed by atoms with Crippen LogP contribution in [0.3, 0.4) is 0 Å². The summed E-state index contributed by atoms with van der Waals surface area (Å²) < 4.78 is 38.8. The van der Waals surface area contributed by atoms with Crippen molar-refractivity contribution in [3.8, 4) is 11.5 Å². The molecule has 12 heteroatoms. The third-order valence-electron chi connectivity index (χ3n) is 6.22. The standard InChI is InChI=1S/C27H35NO11/c1-6-8-15(3)24(30)37-22-21(39-27(32)28-17-10-11-18-19(12-17)35-14-34-18)20(13-29)36-26(33-5)23(22)38-25(31)16(4)9-7-2/h6-7,10-12,15-16,20-23,26,29H,1-2,8-9,13-14H2,3-5H3,(H,28,32)/t15-,16-,20-,21-,22+,23-,26+/m1/s1. The Hall–Kier alpha value is -3.61. The van der Waals surface area contributed by atoms with Gasteiger partial charge in [-0.1, -0.05) is 26.0 Å². The summed E-state index contributed by atoms with van der Waals surface area (Å²) in [5.74, 6) is -1.49. The Morgan fingerprint density at radius 1 is 1.00 bits per heavy atom. The van der Waals surface area contributed by atoms with Gasteiger partial charge in [0.05, 0.1) is 18.4 Å². The number of amides is 1. The van der Waals surface area contributed by atoms with Crippen LogP contribution in [-0.4, -0.2) is 74.4 Å². The highest BCUT2D eigenvalue weighted by Crippen LogP contribution is 2.35. The van der Waals surface area contributed by atoms with E-state index in [0.717, 1.165) is 0 Å². The van der Waals surface area contributed by atoms with E-state index in [1.807, 2.05) is 0 Å². The minimum atomic E-state index is -1.37. The number of ether oxygens (including phenoxy) is 7. The molecule has 0 unspecified atom stereocenters. The molecule has 3 rings (SSSR count). The first kappa shape index (κ1) is 29.9. The third-order valence-corrected chi connectivity index (χ3v) is 6.22. The van der Waals surface area contributed by atoms with Crippen LogP contribution < -0.4 is 14.8 Å². The monoisotopic (exact) mass is 549 g/mol. The Bertz CT molecular complexity index is 1040. The van der Waals surface area contributed by atoms with E-state index in [9.17, 15) is 19.5 Å². The van der Waals surface area contributed by atoms with E-state index in [1.54, 1.807) is 44.2 Å². The lowest BCUT2D eigenvalue weighted by atomic mass is 9.97. The van der Waals surface area contributed by atoms with Crippen molar-refractivity contribution in [2.75, 3.05) is 25.8 Å². The summed E-state index contributed by atoms with van der Waals surface area (Å²) in [5, 5.41) is 12.6. The van der Waals surface area contributed by atoms with Crippen LogP contribution in [0.1, 0.15) is 26.7 Å². The number of nitrogens with one attached hydrogen (secondary N) is 1. The molecule has 1 saturated heterocycles. The normalized spacial score (nSPS) is 25.1. The quantitative estimate of drug-likeness (QED) is 0.225. The molecule has 2 N–H and O–H groups in total. The molecule has 0 radical (unpaired) electrons. The first-order valence-electron chi connectivity index (χ1n) is 12.5. The van der Waals surface area contributed by atoms with E-state index >= 15 is 0 Å². The van der Waals surface area contributed by atoms with Gasteiger partial charge in [0.2, 0.25) is 6.79 Å². The molecule has 39 heavy (non-hydrogen) atoms. The zero-order valence-corrected chi connectivity index (χ0v) is 22.2. The van der Waals surface area contributed by atoms with Crippen LogP contribution in [0.2, 0.25) is 0 Å². The van der Waals surface area contributed by atoms with Crippen LogP contribution in [0.5, 0.6) is 11.5 Å². The molecule has 12 nitrogen and oxygen atoms in total. The fourth-order valence-electron chi connectivity index (χ4n) is 4.06. The number of methoxy groups -OCH3 is 1. The molecule has 1 aromatic rings. The summed E-state index contributed by atoms with van der Waals surface area (Å²) in [7, 11) is 1.31. The molecular weight excluding hydrogens is 514 g/mol. The molecular formula is C27H35NO11. The molecule has 0 saturated carbocycles. The van der Waals surface area contributed by atoms with E-state index in [2.05, 4.69) is 18.5 Å². The maximum atomic E-state index is 12.9. The van der Waals surface area contributed by atoms with E-state index in [1.165, 1.54) is 7.11 Å². The number of carbonyl (C=O) groups is 3. The average Bonchev–Trinajstić information content (AvgIpc) is 3.38. The lowest BCUT2D eigenvalue weighted by Gasteiger charge is -2.44. The molecule has 2 heterocycles. The predicted molar refractivity (Wildman–Crippen MR) is 137 cm³/mol. The lowest BCUT2D eigenvalue weighted by Crippen LogP contribution is -2.63. The van der Waals surface area contributed by atoms with Crippen molar-refractivity contribution in [1.82, 2.24) is 0 Å². The second kappa shape index (κ2) is 14.0. The van der Waals surface area contributed by atoms with Crippen molar-refractivity contribution in [1.29, 1.82) is 0 Å². The van der Waals surface area contributed by atoms with Crippen LogP contribution in [0.4, 0.5) is 10.5 Å². The Morgan fingerprint density at radius 3 is 2.21 bits per heavy atom. The van der Waals surface area contributed by atoms with Crippen LogP contribution in [0.25, 0.3) is 0 Å². The topological polar surface area (TPSA) is 148 Å². The largest absolute Gasteiger partial charge is 0.454 e. The van der Waals surface area contributed by atoms with E-state index in [4.69, 9.17) is 33.2 Å².